The molecule has 1 aliphatic heterocycles. The number of Topliss-reactive ketones (excluding diaryl/α,β-unsaturated/α-hetero) is 1. The molecule has 49 heavy (non-hydrogen) atoms. The summed E-state index contributed by atoms with van der Waals surface area (Å²) in [5.74, 6) is -1.92. The van der Waals surface area contributed by atoms with Crippen molar-refractivity contribution >= 4 is 14.1 Å². The summed E-state index contributed by atoms with van der Waals surface area (Å²) < 4.78 is 44.1. The van der Waals surface area contributed by atoms with Crippen molar-refractivity contribution in [2.24, 2.45) is 23.2 Å². The number of ketones is 1. The Hall–Kier alpha value is -1.41. The van der Waals surface area contributed by atoms with Crippen molar-refractivity contribution in [2.75, 3.05) is 27.6 Å². The van der Waals surface area contributed by atoms with Gasteiger partial charge in [0, 0.05) is 30.3 Å². The van der Waals surface area contributed by atoms with Gasteiger partial charge in [-0.15, -0.1) is 0 Å². The van der Waals surface area contributed by atoms with E-state index in [1.54, 1.807) is 21.1 Å². The maximum Gasteiger partial charge on any atom is 0.192 e. The highest BCUT2D eigenvalue weighted by molar-refractivity contribution is 6.74. The number of carbonyl (C=O) groups is 1. The number of ether oxygens (including phenoxy) is 6. The summed E-state index contributed by atoms with van der Waals surface area (Å²) in [6, 6.07) is 7.57. The Balaban J connectivity index is 1.90. The Morgan fingerprint density at radius 3 is 2.20 bits per heavy atom. The molecule has 2 saturated carbocycles. The van der Waals surface area contributed by atoms with Gasteiger partial charge in [0.2, 0.25) is 0 Å². The van der Waals surface area contributed by atoms with Crippen molar-refractivity contribution in [1.82, 2.24) is 0 Å². The highest BCUT2D eigenvalue weighted by atomic mass is 28.4. The molecule has 2 N–H and O–H groups in total. The largest absolute Gasteiger partial charge is 0.497 e. The fourth-order valence-electron chi connectivity index (χ4n) is 8.34. The van der Waals surface area contributed by atoms with E-state index in [9.17, 15) is 15.0 Å². The van der Waals surface area contributed by atoms with Crippen LogP contribution in [0.1, 0.15) is 87.1 Å². The van der Waals surface area contributed by atoms with Crippen molar-refractivity contribution in [2.45, 2.75) is 148 Å². The topological polar surface area (TPSA) is 122 Å². The molecule has 11 heteroatoms. The van der Waals surface area contributed by atoms with E-state index >= 15 is 0 Å². The van der Waals surface area contributed by atoms with Gasteiger partial charge in [-0.05, 0) is 75.9 Å². The van der Waals surface area contributed by atoms with E-state index in [-0.39, 0.29) is 43.2 Å². The molecule has 0 unspecified atom stereocenters. The molecule has 1 saturated heterocycles. The Labute approximate surface area is 295 Å². The number of carbonyl (C=O) groups excluding carboxylic acids is 1. The third-order valence-electron chi connectivity index (χ3n) is 12.4. The van der Waals surface area contributed by atoms with Crippen LogP contribution in [0.5, 0.6) is 5.75 Å². The minimum absolute atomic E-state index is 0.0538. The van der Waals surface area contributed by atoms with Crippen molar-refractivity contribution in [1.29, 1.82) is 0 Å². The predicted molar refractivity (Wildman–Crippen MR) is 190 cm³/mol. The molecule has 280 valence electrons. The lowest BCUT2D eigenvalue weighted by atomic mass is 9.66. The van der Waals surface area contributed by atoms with Gasteiger partial charge >= 0.3 is 0 Å². The summed E-state index contributed by atoms with van der Waals surface area (Å²) in [7, 11) is 0.689. The summed E-state index contributed by atoms with van der Waals surface area (Å²) in [5, 5.41) is 24.4. The zero-order chi connectivity index (χ0) is 36.8. The maximum atomic E-state index is 14.9. The van der Waals surface area contributed by atoms with E-state index in [1.165, 1.54) is 0 Å². The molecule has 10 nitrogen and oxygen atoms in total. The molecule has 0 radical (unpaired) electrons. The Bertz CT molecular complexity index is 1270. The van der Waals surface area contributed by atoms with Crippen molar-refractivity contribution < 1.29 is 47.9 Å². The summed E-state index contributed by atoms with van der Waals surface area (Å²) >= 11 is 0. The number of benzene rings is 1. The van der Waals surface area contributed by atoms with Crippen LogP contribution in [-0.2, 0) is 39.5 Å². The molecule has 3 fully saturated rings. The predicted octanol–water partition coefficient (Wildman–Crippen LogP) is 6.25. The fraction of sp³-hybridized carbons (Fsp3) is 0.816. The van der Waals surface area contributed by atoms with Crippen molar-refractivity contribution in [3.8, 4) is 5.75 Å². The quantitative estimate of drug-likeness (QED) is 0.190. The van der Waals surface area contributed by atoms with Crippen LogP contribution in [0.25, 0.3) is 0 Å². The van der Waals surface area contributed by atoms with Crippen LogP contribution >= 0.6 is 0 Å². The van der Waals surface area contributed by atoms with Gasteiger partial charge in [-0.1, -0.05) is 53.7 Å². The minimum atomic E-state index is -2.47. The molecule has 0 aromatic heterocycles. The molecule has 2 bridgehead atoms. The molecular formula is C38H64O10Si. The molecule has 1 aromatic rings. The van der Waals surface area contributed by atoms with Crippen LogP contribution in [-0.4, -0.2) is 93.3 Å². The van der Waals surface area contributed by atoms with Crippen LogP contribution in [0.2, 0.25) is 18.1 Å². The molecule has 9 atom stereocenters. The third-order valence-corrected chi connectivity index (χ3v) is 16.9. The van der Waals surface area contributed by atoms with Gasteiger partial charge in [0.05, 0.1) is 38.1 Å². The standard InChI is InChI=1S/C38H64O10Si/c1-24-29(37(22-46-36(8,9)48-37)33(25(2)39)44-21-26-14-16-27(43-11)17-15-26)20-30(47-49(12,13)34(3,4)5)38(41)19-18-28(35(38,6)7)32(31(24)40)45-23-42-10/h14-17,24-25,28-30,32-33,39,41H,18-23H2,1-13H3/t24-,25-,28-,29+,30+,32-,33-,37-,38+/m1/s1. The number of hydrogen-bond acceptors (Lipinski definition) is 10. The van der Waals surface area contributed by atoms with E-state index in [0.29, 0.717) is 12.8 Å². The highest BCUT2D eigenvalue weighted by Crippen LogP contribution is 2.59. The first-order chi connectivity index (χ1) is 22.6. The Kier molecular flexibility index (Phi) is 12.0. The van der Waals surface area contributed by atoms with E-state index in [2.05, 4.69) is 33.9 Å². The fourth-order valence-corrected chi connectivity index (χ4v) is 9.70. The zero-order valence-corrected chi connectivity index (χ0v) is 33.3. The second-order valence-corrected chi connectivity index (χ2v) is 22.0. The molecule has 4 rings (SSSR count). The van der Waals surface area contributed by atoms with Gasteiger partial charge in [-0.2, -0.15) is 0 Å². The molecular weight excluding hydrogens is 644 g/mol. The first kappa shape index (κ1) is 40.4. The van der Waals surface area contributed by atoms with Gasteiger partial charge < -0.3 is 43.1 Å². The van der Waals surface area contributed by atoms with E-state index in [1.807, 2.05) is 58.9 Å². The molecule has 3 aliphatic rings. The van der Waals surface area contributed by atoms with Gasteiger partial charge in [-0.25, -0.2) is 0 Å². The summed E-state index contributed by atoms with van der Waals surface area (Å²) in [6.45, 7) is 22.5. The van der Waals surface area contributed by atoms with E-state index < -0.39 is 67.0 Å². The van der Waals surface area contributed by atoms with Crippen LogP contribution in [0.3, 0.4) is 0 Å². The lowest BCUT2D eigenvalue weighted by Gasteiger charge is -2.52. The number of fused-ring (bicyclic) bond motifs is 2. The molecule has 1 aromatic carbocycles. The van der Waals surface area contributed by atoms with Gasteiger partial charge in [0.15, 0.2) is 19.9 Å². The lowest BCUT2D eigenvalue weighted by Crippen LogP contribution is -2.62. The highest BCUT2D eigenvalue weighted by Gasteiger charge is 2.67. The summed E-state index contributed by atoms with van der Waals surface area (Å²) in [6.07, 6.45) is -2.02. The number of rotatable bonds is 12. The molecule has 1 heterocycles. The molecule has 0 amide bonds. The smallest absolute Gasteiger partial charge is 0.192 e. The Morgan fingerprint density at radius 1 is 1.06 bits per heavy atom. The first-order valence-corrected chi connectivity index (χ1v) is 20.8. The number of hydrogen-bond donors (Lipinski definition) is 2. The van der Waals surface area contributed by atoms with Gasteiger partial charge in [0.1, 0.15) is 30.4 Å². The van der Waals surface area contributed by atoms with Crippen LogP contribution in [0.4, 0.5) is 0 Å². The minimum Gasteiger partial charge on any atom is -0.497 e. The first-order valence-electron chi connectivity index (χ1n) is 17.9. The van der Waals surface area contributed by atoms with Crippen LogP contribution in [0, 0.1) is 23.2 Å². The monoisotopic (exact) mass is 708 g/mol. The second-order valence-electron chi connectivity index (χ2n) is 17.3. The van der Waals surface area contributed by atoms with Crippen LogP contribution in [0.15, 0.2) is 24.3 Å². The average Bonchev–Trinajstić information content (AvgIpc) is 3.46. The van der Waals surface area contributed by atoms with Gasteiger partial charge in [-0.3, -0.25) is 4.79 Å². The van der Waals surface area contributed by atoms with Crippen molar-refractivity contribution in [3.05, 3.63) is 29.8 Å². The van der Waals surface area contributed by atoms with E-state index in [0.717, 1.165) is 11.3 Å². The normalized spacial score (nSPS) is 34.6. The zero-order valence-electron chi connectivity index (χ0n) is 32.3. The lowest BCUT2D eigenvalue weighted by molar-refractivity contribution is -0.238. The molecule has 2 aliphatic carbocycles. The Morgan fingerprint density at radius 2 is 1.69 bits per heavy atom. The third kappa shape index (κ3) is 7.71. The molecule has 0 spiro atoms. The summed E-state index contributed by atoms with van der Waals surface area (Å²) in [4.78, 5) is 14.9. The number of aliphatic hydroxyl groups excluding tert-OH is 1. The second kappa shape index (κ2) is 14.5. The van der Waals surface area contributed by atoms with Crippen molar-refractivity contribution in [3.63, 3.8) is 0 Å². The maximum absolute atomic E-state index is 14.9. The number of aliphatic hydroxyl groups is 2. The number of methoxy groups -OCH3 is 2. The van der Waals surface area contributed by atoms with E-state index in [4.69, 9.17) is 32.8 Å². The average molecular weight is 709 g/mol. The summed E-state index contributed by atoms with van der Waals surface area (Å²) in [5.41, 5.74) is -2.43. The van der Waals surface area contributed by atoms with Gasteiger partial charge in [0.25, 0.3) is 0 Å². The van der Waals surface area contributed by atoms with Crippen LogP contribution < -0.4 is 4.74 Å². The SMILES string of the molecule is COCO[C@H]1C(=O)[C@H](C)[C@@H]([C@@]2([C@H](OCc3ccc(OC)cc3)[C@@H](C)O)COC(C)(C)O2)C[C@H](O[Si](C)(C)C(C)(C)C)[C@@]2(O)CC[C@H]1C2(C)C.